The summed E-state index contributed by atoms with van der Waals surface area (Å²) in [6, 6.07) is 47.2. The summed E-state index contributed by atoms with van der Waals surface area (Å²) in [7, 11) is 0. The number of rotatable bonds is 12. The van der Waals surface area contributed by atoms with Crippen LogP contribution in [-0.2, 0) is 35.8 Å². The molecule has 0 saturated carbocycles. The molecular formula is C75H80F3N3O8. The Morgan fingerprint density at radius 1 is 0.494 bits per heavy atom. The molecule has 464 valence electrons. The van der Waals surface area contributed by atoms with E-state index in [0.29, 0.717) is 81.5 Å². The number of aliphatic hydroxyl groups is 1. The van der Waals surface area contributed by atoms with Crippen LogP contribution in [0.2, 0.25) is 0 Å². The molecule has 4 aliphatic rings. The Balaban J connectivity index is 0.000000173. The molecule has 11 nitrogen and oxygen atoms in total. The molecule has 89 heavy (non-hydrogen) atoms. The molecule has 0 radical (unpaired) electrons. The number of nitrogens with zero attached hydrogens (tertiary/aromatic N) is 3. The molecule has 4 heterocycles. The van der Waals surface area contributed by atoms with Gasteiger partial charge in [0.05, 0.1) is 17.8 Å². The average Bonchev–Trinajstić information content (AvgIpc) is 1.71. The van der Waals surface area contributed by atoms with Crippen molar-refractivity contribution in [2.45, 2.75) is 152 Å². The van der Waals surface area contributed by atoms with Crippen LogP contribution in [0.4, 0.5) is 27.6 Å². The fourth-order valence-electron chi connectivity index (χ4n) is 11.5. The number of carbonyl (C=O) groups is 3. The molecule has 1 N–H and O–H groups in total. The third kappa shape index (κ3) is 17.1. The smallest absolute Gasteiger partial charge is 0.411 e. The zero-order valence-corrected chi connectivity index (χ0v) is 52.6. The summed E-state index contributed by atoms with van der Waals surface area (Å²) < 4.78 is 63.1. The Morgan fingerprint density at radius 3 is 1.10 bits per heavy atom. The number of benzene rings is 6. The predicted octanol–water partition coefficient (Wildman–Crippen LogP) is 15.4. The number of epoxide rings is 1. The third-order valence-electron chi connectivity index (χ3n) is 16.3. The van der Waals surface area contributed by atoms with E-state index in [9.17, 15) is 32.7 Å². The highest BCUT2D eigenvalue weighted by molar-refractivity contribution is 5.73. The van der Waals surface area contributed by atoms with Crippen molar-refractivity contribution in [1.82, 2.24) is 14.7 Å². The lowest BCUT2D eigenvalue weighted by Crippen LogP contribution is -2.56. The van der Waals surface area contributed by atoms with E-state index < -0.39 is 45.1 Å². The molecule has 3 amide bonds. The van der Waals surface area contributed by atoms with E-state index in [4.69, 9.17) is 18.9 Å². The van der Waals surface area contributed by atoms with Crippen LogP contribution in [0.1, 0.15) is 141 Å². The van der Waals surface area contributed by atoms with Crippen LogP contribution in [-0.4, -0.2) is 92.1 Å². The second-order valence-corrected chi connectivity index (χ2v) is 25.9. The summed E-state index contributed by atoms with van der Waals surface area (Å²) in [6.45, 7) is 24.9. The molecule has 4 saturated heterocycles. The van der Waals surface area contributed by atoms with Crippen molar-refractivity contribution in [3.8, 4) is 35.5 Å². The molecule has 14 heteroatoms. The number of ether oxygens (including phenoxy) is 4. The quantitative estimate of drug-likeness (QED) is 0.0557. The third-order valence-corrected chi connectivity index (χ3v) is 16.3. The van der Waals surface area contributed by atoms with Crippen LogP contribution in [0.3, 0.4) is 0 Å². The van der Waals surface area contributed by atoms with Crippen molar-refractivity contribution in [1.29, 1.82) is 0 Å². The van der Waals surface area contributed by atoms with Gasteiger partial charge in [-0.25, -0.2) is 27.6 Å². The van der Waals surface area contributed by atoms with E-state index in [1.165, 1.54) is 36.4 Å². The van der Waals surface area contributed by atoms with E-state index in [1.807, 2.05) is 139 Å². The van der Waals surface area contributed by atoms with Crippen molar-refractivity contribution in [3.05, 3.63) is 227 Å². The standard InChI is InChI=1S/C25H26FNO3.C25H28FNO3.C25H26FNO2/c1-23(2,14-13-19-9-11-21(26)12-10-19)27-16-15-25(30-22(27)28,17-24(3)18-29-24)20-7-5-4-6-8-20;1-23(2,15-14-19-10-12-21(26)13-11-19)27-17-16-25(30-22(27)28,18-24(3,4)29)20-8-6-5-7-9-20;1-19(2)18-25(21-8-6-5-7-9-21)16-17-27(23(28)29-25)24(3,4)15-14-20-10-12-22(26)13-11-20/h4-12H,15-18H2,1-3H3;5-13,29H,16-18H2,1-4H3;5-13H,1,16-18H2,2-4H3. The maximum Gasteiger partial charge on any atom is 0.411 e. The Morgan fingerprint density at radius 2 is 0.787 bits per heavy atom. The molecule has 0 spiro atoms. The summed E-state index contributed by atoms with van der Waals surface area (Å²) >= 11 is 0. The topological polar surface area (TPSA) is 121 Å². The second kappa shape index (κ2) is 26.9. The van der Waals surface area contributed by atoms with Crippen molar-refractivity contribution in [2.75, 3.05) is 26.2 Å². The lowest BCUT2D eigenvalue weighted by molar-refractivity contribution is -0.104. The Kier molecular flexibility index (Phi) is 20.0. The first kappa shape index (κ1) is 66.2. The van der Waals surface area contributed by atoms with Gasteiger partial charge in [-0.05, 0) is 159 Å². The molecule has 10 rings (SSSR count). The fraction of sp³-hybridized carbons (Fsp3) is 0.373. The van der Waals surface area contributed by atoms with E-state index in [1.54, 1.807) is 64.9 Å². The van der Waals surface area contributed by atoms with Gasteiger partial charge in [0.15, 0.2) is 0 Å². The minimum absolute atomic E-state index is 0.254. The number of amides is 3. The largest absolute Gasteiger partial charge is 0.438 e. The zero-order valence-electron chi connectivity index (χ0n) is 52.6. The van der Waals surface area contributed by atoms with Crippen LogP contribution >= 0.6 is 0 Å². The number of halogens is 3. The van der Waals surface area contributed by atoms with Crippen molar-refractivity contribution in [3.63, 3.8) is 0 Å². The van der Waals surface area contributed by atoms with E-state index in [2.05, 4.69) is 49.0 Å². The summed E-state index contributed by atoms with van der Waals surface area (Å²) in [5.74, 6) is 17.6. The highest BCUT2D eigenvalue weighted by Crippen LogP contribution is 2.47. The molecule has 0 aliphatic carbocycles. The van der Waals surface area contributed by atoms with Crippen LogP contribution in [0.25, 0.3) is 0 Å². The van der Waals surface area contributed by atoms with Gasteiger partial charge in [-0.15, -0.1) is 0 Å². The number of hydrogen-bond acceptors (Lipinski definition) is 8. The summed E-state index contributed by atoms with van der Waals surface area (Å²) in [5, 5.41) is 10.5. The van der Waals surface area contributed by atoms with Crippen LogP contribution < -0.4 is 0 Å². The number of carbonyl (C=O) groups excluding carboxylic acids is 3. The molecule has 4 aliphatic heterocycles. The Hall–Kier alpha value is -8.74. The molecule has 4 unspecified atom stereocenters. The summed E-state index contributed by atoms with van der Waals surface area (Å²) in [4.78, 5) is 44.2. The SMILES string of the molecule is C=C(C)CC1(c2ccccc2)CCN(C(C)(C)C#Cc2ccc(F)cc2)C(=O)O1.CC(C)(O)CC1(c2ccccc2)CCN(C(C)(C)C#Cc2ccc(F)cc2)C(=O)O1.CC1(CC2(c3ccccc3)CCN(C(C)(C)C#Cc3ccc(F)cc3)C(=O)O2)CO1. The van der Waals surface area contributed by atoms with Gasteiger partial charge >= 0.3 is 18.3 Å². The maximum atomic E-state index is 13.1. The first-order chi connectivity index (χ1) is 41.9. The monoisotopic (exact) mass is 1210 g/mol. The van der Waals surface area contributed by atoms with E-state index in [-0.39, 0.29) is 35.2 Å². The van der Waals surface area contributed by atoms with Gasteiger partial charge in [-0.1, -0.05) is 139 Å². The number of cyclic esters (lactones) is 3. The van der Waals surface area contributed by atoms with Gasteiger partial charge in [0.25, 0.3) is 0 Å². The van der Waals surface area contributed by atoms with Gasteiger partial charge in [-0.2, -0.15) is 0 Å². The Bertz CT molecular complexity index is 3510. The second-order valence-electron chi connectivity index (χ2n) is 25.9. The van der Waals surface area contributed by atoms with Crippen molar-refractivity contribution >= 4 is 18.3 Å². The molecule has 6 aromatic carbocycles. The van der Waals surface area contributed by atoms with Crippen LogP contribution in [0.5, 0.6) is 0 Å². The summed E-state index contributed by atoms with van der Waals surface area (Å²) in [6.07, 6.45) is 2.12. The zero-order chi connectivity index (χ0) is 64.5. The fourth-order valence-corrected chi connectivity index (χ4v) is 11.5. The molecule has 6 aromatic rings. The van der Waals surface area contributed by atoms with Gasteiger partial charge in [0.2, 0.25) is 0 Å². The van der Waals surface area contributed by atoms with Crippen LogP contribution in [0.15, 0.2) is 176 Å². The molecule has 4 atom stereocenters. The average molecular weight is 1210 g/mol. The Labute approximate surface area is 523 Å². The molecular weight excluding hydrogens is 1130 g/mol. The van der Waals surface area contributed by atoms with Crippen molar-refractivity contribution in [2.24, 2.45) is 0 Å². The summed E-state index contributed by atoms with van der Waals surface area (Å²) in [5.41, 5.74) is 0.0850. The molecule has 0 aromatic heterocycles. The van der Waals surface area contributed by atoms with Gasteiger partial charge in [0.1, 0.15) is 50.9 Å². The first-order valence-electron chi connectivity index (χ1n) is 30.0. The highest BCUT2D eigenvalue weighted by atomic mass is 19.1. The first-order valence-corrected chi connectivity index (χ1v) is 30.0. The number of hydrogen-bond donors (Lipinski definition) is 1. The van der Waals surface area contributed by atoms with Crippen molar-refractivity contribution < 1.29 is 51.6 Å². The predicted molar refractivity (Wildman–Crippen MR) is 339 cm³/mol. The van der Waals surface area contributed by atoms with Gasteiger partial charge < -0.3 is 24.1 Å². The van der Waals surface area contributed by atoms with Gasteiger partial charge in [-0.3, -0.25) is 14.7 Å². The molecule has 0 bridgehead atoms. The minimum atomic E-state index is -1.00. The van der Waals surface area contributed by atoms with E-state index in [0.717, 1.165) is 22.3 Å². The van der Waals surface area contributed by atoms with Crippen LogP contribution in [0, 0.1) is 53.0 Å². The maximum absolute atomic E-state index is 13.1. The lowest BCUT2D eigenvalue weighted by atomic mass is 9.80. The highest BCUT2D eigenvalue weighted by Gasteiger charge is 2.54. The van der Waals surface area contributed by atoms with Gasteiger partial charge in [0, 0.05) is 74.8 Å². The minimum Gasteiger partial charge on any atom is -0.438 e. The molecule has 4 fully saturated rings. The van der Waals surface area contributed by atoms with E-state index >= 15 is 0 Å². The lowest BCUT2D eigenvalue weighted by Gasteiger charge is -2.47. The normalized spacial score (nSPS) is 21.6.